The van der Waals surface area contributed by atoms with E-state index in [0.29, 0.717) is 22.4 Å². The van der Waals surface area contributed by atoms with Crippen LogP contribution >= 0.6 is 0 Å². The molecule has 0 aliphatic rings. The molecule has 0 bridgehead atoms. The first kappa shape index (κ1) is 15.7. The summed E-state index contributed by atoms with van der Waals surface area (Å²) in [6.45, 7) is 1.37. The minimum Gasteiger partial charge on any atom is -0.456 e. The molecule has 1 aromatic heterocycles. The highest BCUT2D eigenvalue weighted by Crippen LogP contribution is 2.23. The van der Waals surface area contributed by atoms with Crippen molar-refractivity contribution in [2.45, 2.75) is 13.3 Å². The van der Waals surface area contributed by atoms with Crippen molar-refractivity contribution in [3.63, 3.8) is 0 Å². The normalized spacial score (nSPS) is 10.5. The molecule has 3 rings (SSSR count). The summed E-state index contributed by atoms with van der Waals surface area (Å²) in [5, 5.41) is 3.18. The zero-order valence-electron chi connectivity index (χ0n) is 13.0. The summed E-state index contributed by atoms with van der Waals surface area (Å²) < 4.78 is 5.77. The van der Waals surface area contributed by atoms with E-state index in [9.17, 15) is 14.4 Å². The van der Waals surface area contributed by atoms with Gasteiger partial charge in [0.2, 0.25) is 5.91 Å². The minimum absolute atomic E-state index is 0.106. The van der Waals surface area contributed by atoms with Gasteiger partial charge in [-0.2, -0.15) is 0 Å². The number of carbonyl (C=O) groups excluding carboxylic acids is 2. The highest BCUT2D eigenvalue weighted by Gasteiger charge is 2.08. The van der Waals surface area contributed by atoms with E-state index in [1.54, 1.807) is 42.5 Å². The third-order valence-corrected chi connectivity index (χ3v) is 3.50. The molecule has 2 aromatic carbocycles. The van der Waals surface area contributed by atoms with Gasteiger partial charge in [0.1, 0.15) is 17.1 Å². The van der Waals surface area contributed by atoms with Crippen LogP contribution in [0, 0.1) is 0 Å². The van der Waals surface area contributed by atoms with Crippen molar-refractivity contribution >= 4 is 28.3 Å². The van der Waals surface area contributed by atoms with Gasteiger partial charge in [0.05, 0.1) is 11.8 Å². The van der Waals surface area contributed by atoms with Crippen molar-refractivity contribution in [2.75, 3.05) is 5.32 Å². The summed E-state index contributed by atoms with van der Waals surface area (Å²) in [7, 11) is 0. The Labute approximate surface area is 137 Å². The van der Waals surface area contributed by atoms with Crippen molar-refractivity contribution < 1.29 is 14.0 Å². The quantitative estimate of drug-likeness (QED) is 0.747. The SMILES string of the molecule is CC(=O)CC(=O)Nc1ccc(-c2cc(=O)c3ccccc3o2)cc1. The largest absolute Gasteiger partial charge is 0.456 e. The number of Topliss-reactive ketones (excluding diaryl/α,β-unsaturated/α-hetero) is 1. The van der Waals surface area contributed by atoms with Crippen molar-refractivity contribution in [1.29, 1.82) is 0 Å². The van der Waals surface area contributed by atoms with Crippen LogP contribution in [0.5, 0.6) is 0 Å². The number of hydrogen-bond acceptors (Lipinski definition) is 4. The number of fused-ring (bicyclic) bond motifs is 1. The summed E-state index contributed by atoms with van der Waals surface area (Å²) in [6.07, 6.45) is -0.151. The lowest BCUT2D eigenvalue weighted by Crippen LogP contribution is -2.14. The first-order valence-electron chi connectivity index (χ1n) is 7.45. The second-order valence-corrected chi connectivity index (χ2v) is 5.48. The molecule has 0 spiro atoms. The van der Waals surface area contributed by atoms with Gasteiger partial charge in [-0.3, -0.25) is 14.4 Å². The van der Waals surface area contributed by atoms with Gasteiger partial charge in [0, 0.05) is 17.3 Å². The van der Waals surface area contributed by atoms with Crippen LogP contribution in [0.25, 0.3) is 22.3 Å². The van der Waals surface area contributed by atoms with Crippen LogP contribution in [0.15, 0.2) is 63.8 Å². The van der Waals surface area contributed by atoms with Crippen LogP contribution in [0.1, 0.15) is 13.3 Å². The van der Waals surface area contributed by atoms with Crippen molar-refractivity contribution in [3.8, 4) is 11.3 Å². The maximum atomic E-state index is 12.1. The van der Waals surface area contributed by atoms with Crippen molar-refractivity contribution in [2.24, 2.45) is 0 Å². The van der Waals surface area contributed by atoms with E-state index in [2.05, 4.69) is 5.32 Å². The standard InChI is InChI=1S/C19H15NO4/c1-12(21)10-19(23)20-14-8-6-13(7-9-14)18-11-16(22)15-4-2-3-5-17(15)24-18/h2-9,11H,10H2,1H3,(H,20,23). The molecular weight excluding hydrogens is 306 g/mol. The molecule has 120 valence electrons. The molecule has 0 saturated carbocycles. The molecule has 0 saturated heterocycles. The predicted octanol–water partition coefficient (Wildman–Crippen LogP) is 3.38. The van der Waals surface area contributed by atoms with Crippen LogP contribution in [0.2, 0.25) is 0 Å². The fraction of sp³-hybridized carbons (Fsp3) is 0.105. The van der Waals surface area contributed by atoms with Gasteiger partial charge in [-0.1, -0.05) is 12.1 Å². The zero-order chi connectivity index (χ0) is 17.1. The van der Waals surface area contributed by atoms with Crippen molar-refractivity contribution in [1.82, 2.24) is 0 Å². The first-order chi connectivity index (χ1) is 11.5. The third-order valence-electron chi connectivity index (χ3n) is 3.50. The number of para-hydroxylation sites is 1. The molecule has 0 fully saturated rings. The van der Waals surface area contributed by atoms with Gasteiger partial charge >= 0.3 is 0 Å². The average Bonchev–Trinajstić information content (AvgIpc) is 2.54. The second kappa shape index (κ2) is 6.50. The van der Waals surface area contributed by atoms with Crippen LogP contribution in [0.4, 0.5) is 5.69 Å². The Hall–Kier alpha value is -3.21. The van der Waals surface area contributed by atoms with E-state index < -0.39 is 0 Å². The maximum Gasteiger partial charge on any atom is 0.231 e. The molecule has 1 heterocycles. The minimum atomic E-state index is -0.354. The Kier molecular flexibility index (Phi) is 4.24. The van der Waals surface area contributed by atoms with Crippen LogP contribution in [-0.4, -0.2) is 11.7 Å². The van der Waals surface area contributed by atoms with Crippen molar-refractivity contribution in [3.05, 3.63) is 64.8 Å². The molecule has 0 unspecified atom stereocenters. The molecule has 5 heteroatoms. The van der Waals surface area contributed by atoms with Gasteiger partial charge < -0.3 is 9.73 Å². The Bertz CT molecular complexity index is 971. The summed E-state index contributed by atoms with van der Waals surface area (Å²) in [4.78, 5) is 34.6. The number of benzene rings is 2. The van der Waals surface area contributed by atoms with Crippen LogP contribution in [0.3, 0.4) is 0 Å². The second-order valence-electron chi connectivity index (χ2n) is 5.48. The Morgan fingerprint density at radius 3 is 2.46 bits per heavy atom. The van der Waals surface area contributed by atoms with E-state index in [4.69, 9.17) is 4.42 Å². The van der Waals surface area contributed by atoms with E-state index in [1.807, 2.05) is 6.07 Å². The summed E-state index contributed by atoms with van der Waals surface area (Å²) in [6, 6.07) is 15.4. The third kappa shape index (κ3) is 3.41. The Morgan fingerprint density at radius 2 is 1.75 bits per heavy atom. The number of hydrogen-bond donors (Lipinski definition) is 1. The molecule has 1 N–H and O–H groups in total. The number of carbonyl (C=O) groups is 2. The summed E-state index contributed by atoms with van der Waals surface area (Å²) in [5.74, 6) is -0.0881. The molecule has 24 heavy (non-hydrogen) atoms. The summed E-state index contributed by atoms with van der Waals surface area (Å²) in [5.41, 5.74) is 1.72. The lowest BCUT2D eigenvalue weighted by molar-refractivity contribution is -0.124. The molecule has 0 atom stereocenters. The maximum absolute atomic E-state index is 12.1. The number of anilines is 1. The molecule has 0 radical (unpaired) electrons. The highest BCUT2D eigenvalue weighted by atomic mass is 16.3. The van der Waals surface area contributed by atoms with Gasteiger partial charge in [-0.05, 0) is 43.3 Å². The number of ketones is 1. The molecule has 0 aliphatic heterocycles. The topological polar surface area (TPSA) is 76.4 Å². The van der Waals surface area contributed by atoms with Gasteiger partial charge in [0.25, 0.3) is 0 Å². The lowest BCUT2D eigenvalue weighted by Gasteiger charge is -2.06. The van der Waals surface area contributed by atoms with Crippen LogP contribution in [-0.2, 0) is 9.59 Å². The highest BCUT2D eigenvalue weighted by molar-refractivity contribution is 6.03. The average molecular weight is 321 g/mol. The molecular formula is C19H15NO4. The fourth-order valence-electron chi connectivity index (χ4n) is 2.40. The molecule has 3 aromatic rings. The van der Waals surface area contributed by atoms with Gasteiger partial charge in [-0.25, -0.2) is 0 Å². The van der Waals surface area contributed by atoms with E-state index in [1.165, 1.54) is 13.0 Å². The van der Waals surface area contributed by atoms with Crippen LogP contribution < -0.4 is 10.7 Å². The number of amides is 1. The molecule has 0 aliphatic carbocycles. The molecule has 5 nitrogen and oxygen atoms in total. The Balaban J connectivity index is 1.87. The summed E-state index contributed by atoms with van der Waals surface area (Å²) >= 11 is 0. The molecule has 1 amide bonds. The van der Waals surface area contributed by atoms with E-state index >= 15 is 0 Å². The van der Waals surface area contributed by atoms with E-state index in [-0.39, 0.29) is 23.5 Å². The fourth-order valence-corrected chi connectivity index (χ4v) is 2.40. The smallest absolute Gasteiger partial charge is 0.231 e. The zero-order valence-corrected chi connectivity index (χ0v) is 13.0. The Morgan fingerprint density at radius 1 is 1.04 bits per heavy atom. The monoisotopic (exact) mass is 321 g/mol. The lowest BCUT2D eigenvalue weighted by atomic mass is 10.1. The van der Waals surface area contributed by atoms with Gasteiger partial charge in [-0.15, -0.1) is 0 Å². The predicted molar refractivity (Wildman–Crippen MR) is 91.8 cm³/mol. The number of rotatable bonds is 4. The van der Waals surface area contributed by atoms with E-state index in [0.717, 1.165) is 5.56 Å². The first-order valence-corrected chi connectivity index (χ1v) is 7.45. The number of nitrogens with one attached hydrogen (secondary N) is 1. The van der Waals surface area contributed by atoms with Gasteiger partial charge in [0.15, 0.2) is 5.43 Å².